The molecule has 3 rings (SSSR count). The van der Waals surface area contributed by atoms with E-state index in [1.807, 2.05) is 54.3 Å². The number of carbonyl (C=O) groups is 1. The van der Waals surface area contributed by atoms with Gasteiger partial charge in [-0.1, -0.05) is 36.4 Å². The number of rotatable bonds is 13. The normalized spacial score (nSPS) is 11.2. The highest BCUT2D eigenvalue weighted by atomic mass is 19.2. The van der Waals surface area contributed by atoms with Crippen LogP contribution < -0.4 is 0 Å². The Morgan fingerprint density at radius 3 is 2.41 bits per heavy atom. The van der Waals surface area contributed by atoms with E-state index in [0.717, 1.165) is 36.0 Å². The minimum Gasteiger partial charge on any atom is -0.464 e. The predicted molar refractivity (Wildman–Crippen MR) is 127 cm³/mol. The van der Waals surface area contributed by atoms with Crippen molar-refractivity contribution in [1.82, 2.24) is 9.80 Å². The molecule has 0 saturated carbocycles. The first-order valence-electron chi connectivity index (χ1n) is 11.5. The topological polar surface area (TPSA) is 45.9 Å². The number of ether oxygens (including phenoxy) is 1. The standard InChI is InChI=1S/C27H32F2N2O3/c1-21-9-11-24(34-21)19-31(15-13-22-7-4-3-5-8-22)27(32)20-30(14-6-16-33-2)18-23-10-12-25(28)26(29)17-23/h3-5,7-12,17H,6,13-16,18-20H2,1-2H3. The van der Waals surface area contributed by atoms with Crippen molar-refractivity contribution < 1.29 is 22.7 Å². The highest BCUT2D eigenvalue weighted by molar-refractivity contribution is 5.78. The maximum atomic E-state index is 13.7. The number of amides is 1. The average molecular weight is 471 g/mol. The molecule has 0 N–H and O–H groups in total. The second kappa shape index (κ2) is 13.0. The molecule has 7 heteroatoms. The molecule has 2 aromatic carbocycles. The van der Waals surface area contributed by atoms with Gasteiger partial charge in [-0.05, 0) is 55.2 Å². The first kappa shape index (κ1) is 25.6. The van der Waals surface area contributed by atoms with E-state index in [2.05, 4.69) is 0 Å². The molecular weight excluding hydrogens is 438 g/mol. The Hall–Kier alpha value is -3.03. The van der Waals surface area contributed by atoms with Gasteiger partial charge in [0, 0.05) is 33.4 Å². The molecular formula is C27H32F2N2O3. The van der Waals surface area contributed by atoms with Gasteiger partial charge in [0.15, 0.2) is 11.6 Å². The predicted octanol–water partition coefficient (Wildman–Crippen LogP) is 4.98. The van der Waals surface area contributed by atoms with Crippen LogP contribution in [0.25, 0.3) is 0 Å². The monoisotopic (exact) mass is 470 g/mol. The average Bonchev–Trinajstić information content (AvgIpc) is 3.24. The summed E-state index contributed by atoms with van der Waals surface area (Å²) in [4.78, 5) is 17.1. The molecule has 0 aliphatic heterocycles. The zero-order chi connectivity index (χ0) is 24.3. The van der Waals surface area contributed by atoms with Gasteiger partial charge in [0.1, 0.15) is 11.5 Å². The first-order chi connectivity index (χ1) is 16.4. The van der Waals surface area contributed by atoms with E-state index >= 15 is 0 Å². The van der Waals surface area contributed by atoms with E-state index in [4.69, 9.17) is 9.15 Å². The number of furan rings is 1. The Balaban J connectivity index is 1.72. The van der Waals surface area contributed by atoms with Crippen LogP contribution in [0.15, 0.2) is 65.1 Å². The Bertz CT molecular complexity index is 1040. The largest absolute Gasteiger partial charge is 0.464 e. The molecule has 0 aliphatic carbocycles. The lowest BCUT2D eigenvalue weighted by molar-refractivity contribution is -0.133. The quantitative estimate of drug-likeness (QED) is 0.331. The molecule has 182 valence electrons. The lowest BCUT2D eigenvalue weighted by Crippen LogP contribution is -2.41. The van der Waals surface area contributed by atoms with Crippen molar-refractivity contribution in [3.8, 4) is 0 Å². The number of halogens is 2. The second-order valence-corrected chi connectivity index (χ2v) is 8.37. The molecule has 3 aromatic rings. The zero-order valence-corrected chi connectivity index (χ0v) is 19.8. The van der Waals surface area contributed by atoms with E-state index in [1.54, 1.807) is 18.1 Å². The summed E-state index contributed by atoms with van der Waals surface area (Å²) in [5, 5.41) is 0. The van der Waals surface area contributed by atoms with Gasteiger partial charge in [-0.25, -0.2) is 8.78 Å². The van der Waals surface area contributed by atoms with Gasteiger partial charge in [0.05, 0.1) is 13.1 Å². The Kier molecular flexibility index (Phi) is 9.79. The molecule has 0 aliphatic rings. The Morgan fingerprint density at radius 1 is 0.941 bits per heavy atom. The van der Waals surface area contributed by atoms with Crippen LogP contribution in [0.4, 0.5) is 8.78 Å². The SMILES string of the molecule is COCCCN(CC(=O)N(CCc1ccccc1)Cc1ccc(C)o1)Cc1ccc(F)c(F)c1. The molecule has 0 unspecified atom stereocenters. The molecule has 0 atom stereocenters. The summed E-state index contributed by atoms with van der Waals surface area (Å²) >= 11 is 0. The minimum atomic E-state index is -0.890. The number of carbonyl (C=O) groups excluding carboxylic acids is 1. The van der Waals surface area contributed by atoms with Crippen LogP contribution in [-0.4, -0.2) is 49.1 Å². The van der Waals surface area contributed by atoms with Gasteiger partial charge in [0.2, 0.25) is 5.91 Å². The molecule has 0 spiro atoms. The van der Waals surface area contributed by atoms with Crippen molar-refractivity contribution in [1.29, 1.82) is 0 Å². The second-order valence-electron chi connectivity index (χ2n) is 8.37. The third kappa shape index (κ3) is 8.08. The van der Waals surface area contributed by atoms with Crippen molar-refractivity contribution in [2.24, 2.45) is 0 Å². The van der Waals surface area contributed by atoms with Gasteiger partial charge in [0.25, 0.3) is 0 Å². The maximum Gasteiger partial charge on any atom is 0.237 e. The Labute approximate surface area is 199 Å². The van der Waals surface area contributed by atoms with E-state index < -0.39 is 11.6 Å². The van der Waals surface area contributed by atoms with Crippen molar-refractivity contribution in [3.63, 3.8) is 0 Å². The van der Waals surface area contributed by atoms with Gasteiger partial charge < -0.3 is 14.1 Å². The van der Waals surface area contributed by atoms with Crippen molar-refractivity contribution in [3.05, 3.63) is 94.9 Å². The van der Waals surface area contributed by atoms with Crippen LogP contribution in [0.2, 0.25) is 0 Å². The van der Waals surface area contributed by atoms with E-state index in [1.165, 1.54) is 6.07 Å². The summed E-state index contributed by atoms with van der Waals surface area (Å²) in [7, 11) is 1.63. The van der Waals surface area contributed by atoms with Gasteiger partial charge in [-0.3, -0.25) is 9.69 Å². The maximum absolute atomic E-state index is 13.7. The molecule has 1 aromatic heterocycles. The number of aryl methyl sites for hydroxylation is 1. The van der Waals surface area contributed by atoms with Crippen molar-refractivity contribution >= 4 is 5.91 Å². The van der Waals surface area contributed by atoms with Gasteiger partial charge in [-0.15, -0.1) is 0 Å². The summed E-state index contributed by atoms with van der Waals surface area (Å²) in [6.07, 6.45) is 1.44. The van der Waals surface area contributed by atoms with Crippen LogP contribution in [-0.2, 0) is 29.0 Å². The van der Waals surface area contributed by atoms with E-state index in [0.29, 0.717) is 38.3 Å². The van der Waals surface area contributed by atoms with Crippen LogP contribution >= 0.6 is 0 Å². The fourth-order valence-corrected chi connectivity index (χ4v) is 3.79. The van der Waals surface area contributed by atoms with E-state index in [9.17, 15) is 13.6 Å². The van der Waals surface area contributed by atoms with E-state index in [-0.39, 0.29) is 12.5 Å². The lowest BCUT2D eigenvalue weighted by atomic mass is 10.1. The number of nitrogens with zero attached hydrogens (tertiary/aromatic N) is 2. The smallest absolute Gasteiger partial charge is 0.237 e. The molecule has 1 heterocycles. The summed E-state index contributed by atoms with van der Waals surface area (Å²) in [5.41, 5.74) is 1.76. The molecule has 0 radical (unpaired) electrons. The minimum absolute atomic E-state index is 0.0509. The highest BCUT2D eigenvalue weighted by Crippen LogP contribution is 2.14. The Morgan fingerprint density at radius 2 is 1.74 bits per heavy atom. The summed E-state index contributed by atoms with van der Waals surface area (Å²) < 4.78 is 38.0. The summed E-state index contributed by atoms with van der Waals surface area (Å²) in [5.74, 6) is -0.301. The van der Waals surface area contributed by atoms with Crippen LogP contribution in [0.5, 0.6) is 0 Å². The fourth-order valence-electron chi connectivity index (χ4n) is 3.79. The molecule has 5 nitrogen and oxygen atoms in total. The number of benzene rings is 2. The number of hydrogen-bond acceptors (Lipinski definition) is 4. The van der Waals surface area contributed by atoms with Crippen LogP contribution in [0, 0.1) is 18.6 Å². The fraction of sp³-hybridized carbons (Fsp3) is 0.370. The third-order valence-electron chi connectivity index (χ3n) is 5.58. The first-order valence-corrected chi connectivity index (χ1v) is 11.5. The van der Waals surface area contributed by atoms with Crippen LogP contribution in [0.1, 0.15) is 29.1 Å². The molecule has 34 heavy (non-hydrogen) atoms. The van der Waals surface area contributed by atoms with Crippen molar-refractivity contribution in [2.75, 3.05) is 33.4 Å². The van der Waals surface area contributed by atoms with Crippen LogP contribution in [0.3, 0.4) is 0 Å². The number of methoxy groups -OCH3 is 1. The third-order valence-corrected chi connectivity index (χ3v) is 5.58. The summed E-state index contributed by atoms with van der Waals surface area (Å²) in [6.45, 7) is 4.41. The molecule has 1 amide bonds. The highest BCUT2D eigenvalue weighted by Gasteiger charge is 2.20. The number of hydrogen-bond donors (Lipinski definition) is 0. The van der Waals surface area contributed by atoms with Crippen molar-refractivity contribution in [2.45, 2.75) is 32.9 Å². The molecule has 0 saturated heterocycles. The molecule has 0 fully saturated rings. The van der Waals surface area contributed by atoms with Gasteiger partial charge in [-0.2, -0.15) is 0 Å². The van der Waals surface area contributed by atoms with Gasteiger partial charge >= 0.3 is 0 Å². The summed E-state index contributed by atoms with van der Waals surface area (Å²) in [6, 6.07) is 17.6. The molecule has 0 bridgehead atoms. The lowest BCUT2D eigenvalue weighted by Gasteiger charge is -2.27. The zero-order valence-electron chi connectivity index (χ0n) is 19.8.